The van der Waals surface area contributed by atoms with Gasteiger partial charge in [0, 0.05) is 5.56 Å². The highest BCUT2D eigenvalue weighted by Gasteiger charge is 2.19. The van der Waals surface area contributed by atoms with Crippen molar-refractivity contribution in [2.75, 3.05) is 19.5 Å². The van der Waals surface area contributed by atoms with Crippen molar-refractivity contribution in [2.45, 2.75) is 17.3 Å². The van der Waals surface area contributed by atoms with Crippen LogP contribution in [0.2, 0.25) is 0 Å². The normalized spacial score (nSPS) is 11.7. The van der Waals surface area contributed by atoms with Crippen LogP contribution in [0.1, 0.15) is 6.92 Å². The first-order chi connectivity index (χ1) is 11.0. The zero-order valence-electron chi connectivity index (χ0n) is 12.9. The molecule has 3 N–H and O–H groups in total. The molecule has 2 aromatic rings. The van der Waals surface area contributed by atoms with Gasteiger partial charge in [0.2, 0.25) is 5.91 Å². The minimum atomic E-state index is -0.498. The molecule has 0 saturated carbocycles. The fourth-order valence-electron chi connectivity index (χ4n) is 1.80. The van der Waals surface area contributed by atoms with Crippen molar-refractivity contribution in [3.63, 3.8) is 0 Å². The molecule has 1 amide bonds. The summed E-state index contributed by atoms with van der Waals surface area (Å²) in [6, 6.07) is 9.63. The molecule has 1 aromatic carbocycles. The SMILES string of the molecule is COC(=O)CNC(=O)[C@@H](C)Sc1nc(-c2ccccc2)cn1N. The molecule has 0 fully saturated rings. The third-order valence-corrected chi connectivity index (χ3v) is 4.13. The second-order valence-corrected chi connectivity index (χ2v) is 6.04. The minimum absolute atomic E-state index is 0.160. The average molecular weight is 334 g/mol. The van der Waals surface area contributed by atoms with E-state index in [1.165, 1.54) is 23.5 Å². The van der Waals surface area contributed by atoms with Gasteiger partial charge in [-0.1, -0.05) is 42.1 Å². The number of nitrogens with two attached hydrogens (primary N) is 1. The lowest BCUT2D eigenvalue weighted by Crippen LogP contribution is -2.35. The summed E-state index contributed by atoms with van der Waals surface area (Å²) in [5, 5.41) is 2.57. The number of carbonyl (C=O) groups excluding carboxylic acids is 2. The molecule has 0 radical (unpaired) electrons. The van der Waals surface area contributed by atoms with Gasteiger partial charge in [-0.05, 0) is 6.92 Å². The van der Waals surface area contributed by atoms with Gasteiger partial charge >= 0.3 is 5.97 Å². The molecule has 1 aromatic heterocycles. The number of imidazole rings is 1. The highest BCUT2D eigenvalue weighted by atomic mass is 32.2. The van der Waals surface area contributed by atoms with Gasteiger partial charge in [-0.2, -0.15) is 0 Å². The lowest BCUT2D eigenvalue weighted by Gasteiger charge is -2.10. The third kappa shape index (κ3) is 4.49. The van der Waals surface area contributed by atoms with Crippen LogP contribution in [0.5, 0.6) is 0 Å². The molecule has 122 valence electrons. The molecule has 23 heavy (non-hydrogen) atoms. The Morgan fingerprint density at radius 3 is 2.74 bits per heavy atom. The zero-order chi connectivity index (χ0) is 16.8. The maximum Gasteiger partial charge on any atom is 0.325 e. The van der Waals surface area contributed by atoms with Crippen molar-refractivity contribution in [1.29, 1.82) is 0 Å². The Labute approximate surface area is 138 Å². The van der Waals surface area contributed by atoms with E-state index in [9.17, 15) is 9.59 Å². The first kappa shape index (κ1) is 16.9. The number of nitrogens with zero attached hydrogens (tertiary/aromatic N) is 2. The van der Waals surface area contributed by atoms with E-state index in [0.29, 0.717) is 5.16 Å². The van der Waals surface area contributed by atoms with Crippen molar-refractivity contribution < 1.29 is 14.3 Å². The van der Waals surface area contributed by atoms with Gasteiger partial charge in [-0.25, -0.2) is 9.66 Å². The molecule has 2 rings (SSSR count). The molecule has 0 aliphatic heterocycles. The largest absolute Gasteiger partial charge is 0.468 e. The van der Waals surface area contributed by atoms with Gasteiger partial charge in [-0.15, -0.1) is 0 Å². The summed E-state index contributed by atoms with van der Waals surface area (Å²) in [7, 11) is 1.27. The fourth-order valence-corrected chi connectivity index (χ4v) is 2.63. The summed E-state index contributed by atoms with van der Waals surface area (Å²) in [6.07, 6.45) is 1.71. The Kier molecular flexibility index (Phi) is 5.64. The summed E-state index contributed by atoms with van der Waals surface area (Å²) in [5.41, 5.74) is 1.68. The summed E-state index contributed by atoms with van der Waals surface area (Å²) in [4.78, 5) is 27.4. The molecular formula is C15H18N4O3S. The molecule has 0 aliphatic rings. The minimum Gasteiger partial charge on any atom is -0.468 e. The maximum atomic E-state index is 11.9. The van der Waals surface area contributed by atoms with Gasteiger partial charge in [0.15, 0.2) is 5.16 Å². The predicted octanol–water partition coefficient (Wildman–Crippen LogP) is 1.03. The Hall–Kier alpha value is -2.48. The lowest BCUT2D eigenvalue weighted by molar-refractivity contribution is -0.141. The average Bonchev–Trinajstić information content (AvgIpc) is 2.93. The molecule has 0 aliphatic carbocycles. The zero-order valence-corrected chi connectivity index (χ0v) is 13.7. The monoisotopic (exact) mass is 334 g/mol. The molecule has 0 unspecified atom stereocenters. The van der Waals surface area contributed by atoms with Crippen LogP contribution in [0.15, 0.2) is 41.7 Å². The van der Waals surface area contributed by atoms with Crippen LogP contribution in [-0.2, 0) is 14.3 Å². The van der Waals surface area contributed by atoms with E-state index in [1.54, 1.807) is 13.1 Å². The van der Waals surface area contributed by atoms with E-state index in [2.05, 4.69) is 15.0 Å². The van der Waals surface area contributed by atoms with Crippen molar-refractivity contribution in [3.8, 4) is 11.3 Å². The Bertz CT molecular complexity index is 687. The Morgan fingerprint density at radius 2 is 2.09 bits per heavy atom. The highest BCUT2D eigenvalue weighted by Crippen LogP contribution is 2.25. The molecule has 8 heteroatoms. The number of nitrogens with one attached hydrogen (secondary N) is 1. The van der Waals surface area contributed by atoms with Crippen LogP contribution in [0, 0.1) is 0 Å². The number of amides is 1. The van der Waals surface area contributed by atoms with Crippen LogP contribution >= 0.6 is 11.8 Å². The molecule has 0 spiro atoms. The number of carbonyl (C=O) groups is 2. The van der Waals surface area contributed by atoms with Gasteiger partial charge in [0.1, 0.15) is 6.54 Å². The molecule has 1 heterocycles. The molecule has 0 saturated heterocycles. The number of aromatic nitrogens is 2. The first-order valence-electron chi connectivity index (χ1n) is 6.92. The van der Waals surface area contributed by atoms with E-state index in [-0.39, 0.29) is 12.5 Å². The second kappa shape index (κ2) is 7.68. The summed E-state index contributed by atoms with van der Waals surface area (Å²) >= 11 is 1.22. The first-order valence-corrected chi connectivity index (χ1v) is 7.80. The number of esters is 1. The van der Waals surface area contributed by atoms with E-state index in [0.717, 1.165) is 11.3 Å². The van der Waals surface area contributed by atoms with Crippen molar-refractivity contribution in [3.05, 3.63) is 36.5 Å². The molecule has 0 bridgehead atoms. The van der Waals surface area contributed by atoms with Gasteiger partial charge in [0.05, 0.1) is 24.3 Å². The smallest absolute Gasteiger partial charge is 0.325 e. The van der Waals surface area contributed by atoms with Crippen LogP contribution in [0.25, 0.3) is 11.3 Å². The highest BCUT2D eigenvalue weighted by molar-refractivity contribution is 8.00. The van der Waals surface area contributed by atoms with E-state index < -0.39 is 11.2 Å². The number of methoxy groups -OCH3 is 1. The van der Waals surface area contributed by atoms with Crippen LogP contribution < -0.4 is 11.2 Å². The van der Waals surface area contributed by atoms with Crippen molar-refractivity contribution >= 4 is 23.6 Å². The Morgan fingerprint density at radius 1 is 1.39 bits per heavy atom. The number of nitrogen functional groups attached to an aromatic ring is 1. The molecular weight excluding hydrogens is 316 g/mol. The van der Waals surface area contributed by atoms with Gasteiger partial charge < -0.3 is 15.9 Å². The fraction of sp³-hybridized carbons (Fsp3) is 0.267. The maximum absolute atomic E-state index is 11.9. The number of benzene rings is 1. The van der Waals surface area contributed by atoms with Crippen molar-refractivity contribution in [2.24, 2.45) is 0 Å². The van der Waals surface area contributed by atoms with Gasteiger partial charge in [0.25, 0.3) is 0 Å². The number of ether oxygens (including phenoxy) is 1. The Balaban J connectivity index is 2.01. The molecule has 7 nitrogen and oxygen atoms in total. The number of hydrogen-bond acceptors (Lipinski definition) is 6. The summed E-state index contributed by atoms with van der Waals surface area (Å²) < 4.78 is 5.86. The van der Waals surface area contributed by atoms with Crippen LogP contribution in [0.4, 0.5) is 0 Å². The lowest BCUT2D eigenvalue weighted by atomic mass is 10.2. The number of hydrogen-bond donors (Lipinski definition) is 2. The standard InChI is InChI=1S/C15H18N4O3S/c1-10(14(21)17-8-13(20)22-2)23-15-18-12(9-19(15)16)11-6-4-3-5-7-11/h3-7,9-10H,8,16H2,1-2H3,(H,17,21)/t10-/m1/s1. The third-order valence-electron chi connectivity index (χ3n) is 3.05. The van der Waals surface area contributed by atoms with Crippen LogP contribution in [0.3, 0.4) is 0 Å². The summed E-state index contributed by atoms with van der Waals surface area (Å²) in [6.45, 7) is 1.56. The number of thioether (sulfide) groups is 1. The summed E-state index contributed by atoms with van der Waals surface area (Å²) in [5.74, 6) is 5.11. The van der Waals surface area contributed by atoms with Crippen molar-refractivity contribution in [1.82, 2.24) is 15.0 Å². The van der Waals surface area contributed by atoms with Gasteiger partial charge in [-0.3, -0.25) is 9.59 Å². The van der Waals surface area contributed by atoms with E-state index >= 15 is 0 Å². The number of rotatable bonds is 6. The van der Waals surface area contributed by atoms with E-state index in [1.807, 2.05) is 30.3 Å². The second-order valence-electron chi connectivity index (χ2n) is 4.74. The molecule has 1 atom stereocenters. The van der Waals surface area contributed by atoms with E-state index in [4.69, 9.17) is 5.84 Å². The predicted molar refractivity (Wildman–Crippen MR) is 88.2 cm³/mol. The topological polar surface area (TPSA) is 99.2 Å². The quantitative estimate of drug-likeness (QED) is 0.465. The van der Waals surface area contributed by atoms with Crippen LogP contribution in [-0.4, -0.2) is 40.4 Å².